The average molecular weight is 388 g/mol. The van der Waals surface area contributed by atoms with Crippen LogP contribution in [0, 0.1) is 12.8 Å². The van der Waals surface area contributed by atoms with Crippen LogP contribution in [0.4, 0.5) is 5.69 Å². The van der Waals surface area contributed by atoms with E-state index in [-0.39, 0.29) is 30.7 Å². The second-order valence-electron chi connectivity index (χ2n) is 6.53. The standard InChI is InChI=1S/C17H21N3OS.2ClH/c1-10-13-8-12(18)2-3-15(13)22-16(10)17(21)19-14-9-20-6-4-11(14)5-7-20;;/h2-3,8,11,14H,4-7,9,18H2,1H3,(H,19,21);2*1H/t14-;;/m0../s1. The molecule has 0 unspecified atom stereocenters. The summed E-state index contributed by atoms with van der Waals surface area (Å²) < 4.78 is 1.13. The minimum absolute atomic E-state index is 0. The van der Waals surface area contributed by atoms with E-state index in [4.69, 9.17) is 5.73 Å². The Morgan fingerprint density at radius 1 is 1.29 bits per heavy atom. The zero-order valence-corrected chi connectivity index (χ0v) is 16.0. The average Bonchev–Trinajstić information content (AvgIpc) is 2.85. The van der Waals surface area contributed by atoms with Gasteiger partial charge in [0.1, 0.15) is 0 Å². The van der Waals surface area contributed by atoms with Crippen molar-refractivity contribution in [2.75, 3.05) is 25.4 Å². The van der Waals surface area contributed by atoms with Gasteiger partial charge in [0.15, 0.2) is 0 Å². The highest BCUT2D eigenvalue weighted by Gasteiger charge is 2.35. The van der Waals surface area contributed by atoms with E-state index >= 15 is 0 Å². The van der Waals surface area contributed by atoms with Crippen molar-refractivity contribution in [1.29, 1.82) is 0 Å². The smallest absolute Gasteiger partial charge is 0.261 e. The first-order valence-electron chi connectivity index (χ1n) is 7.93. The maximum Gasteiger partial charge on any atom is 0.261 e. The molecule has 1 aromatic carbocycles. The molecule has 4 heterocycles. The predicted molar refractivity (Wildman–Crippen MR) is 106 cm³/mol. The molecule has 1 amide bonds. The summed E-state index contributed by atoms with van der Waals surface area (Å²) in [6, 6.07) is 6.18. The van der Waals surface area contributed by atoms with Gasteiger partial charge in [-0.3, -0.25) is 4.79 Å². The van der Waals surface area contributed by atoms with Gasteiger partial charge in [0.25, 0.3) is 5.91 Å². The van der Waals surface area contributed by atoms with Crippen molar-refractivity contribution in [3.8, 4) is 0 Å². The normalized spacial score (nSPS) is 25.0. The van der Waals surface area contributed by atoms with Crippen molar-refractivity contribution >= 4 is 57.8 Å². The van der Waals surface area contributed by atoms with Crippen LogP contribution in [0.2, 0.25) is 0 Å². The number of nitrogens with two attached hydrogens (primary N) is 1. The molecule has 132 valence electrons. The van der Waals surface area contributed by atoms with Crippen LogP contribution in [-0.4, -0.2) is 36.5 Å². The van der Waals surface area contributed by atoms with Crippen LogP contribution in [0.3, 0.4) is 0 Å². The molecule has 1 aromatic heterocycles. The summed E-state index contributed by atoms with van der Waals surface area (Å²) in [5.41, 5.74) is 7.66. The lowest BCUT2D eigenvalue weighted by atomic mass is 9.84. The molecule has 2 bridgehead atoms. The molecule has 0 aliphatic carbocycles. The zero-order chi connectivity index (χ0) is 15.3. The maximum absolute atomic E-state index is 12.7. The number of anilines is 1. The van der Waals surface area contributed by atoms with Gasteiger partial charge in [0.2, 0.25) is 0 Å². The fourth-order valence-electron chi connectivity index (χ4n) is 3.82. The number of rotatable bonds is 2. The number of fused-ring (bicyclic) bond motifs is 4. The summed E-state index contributed by atoms with van der Waals surface area (Å²) in [6.07, 6.45) is 2.43. The van der Waals surface area contributed by atoms with Gasteiger partial charge in [0.05, 0.1) is 4.88 Å². The van der Waals surface area contributed by atoms with Crippen molar-refractivity contribution in [2.45, 2.75) is 25.8 Å². The molecule has 4 nitrogen and oxygen atoms in total. The highest BCUT2D eigenvalue weighted by Crippen LogP contribution is 2.33. The van der Waals surface area contributed by atoms with Crippen LogP contribution in [0.15, 0.2) is 18.2 Å². The predicted octanol–water partition coefficient (Wildman–Crippen LogP) is 3.46. The Morgan fingerprint density at radius 3 is 2.62 bits per heavy atom. The Balaban J connectivity index is 0.00000104. The first-order chi connectivity index (χ1) is 10.6. The number of nitrogens with one attached hydrogen (secondary N) is 1. The number of carbonyl (C=O) groups is 1. The number of hydrogen-bond acceptors (Lipinski definition) is 4. The second kappa shape index (κ2) is 7.48. The number of benzene rings is 1. The van der Waals surface area contributed by atoms with Crippen LogP contribution in [-0.2, 0) is 0 Å². The largest absolute Gasteiger partial charge is 0.399 e. The van der Waals surface area contributed by atoms with Crippen molar-refractivity contribution in [3.05, 3.63) is 28.6 Å². The quantitative estimate of drug-likeness (QED) is 0.775. The third-order valence-electron chi connectivity index (χ3n) is 5.14. The van der Waals surface area contributed by atoms with E-state index in [9.17, 15) is 4.79 Å². The second-order valence-corrected chi connectivity index (χ2v) is 7.58. The van der Waals surface area contributed by atoms with Crippen LogP contribution >= 0.6 is 36.2 Å². The van der Waals surface area contributed by atoms with Gasteiger partial charge in [-0.15, -0.1) is 36.2 Å². The lowest BCUT2D eigenvalue weighted by molar-refractivity contribution is 0.0622. The molecule has 0 spiro atoms. The van der Waals surface area contributed by atoms with E-state index in [0.29, 0.717) is 12.0 Å². The number of carbonyl (C=O) groups excluding carboxylic acids is 1. The molecule has 0 radical (unpaired) electrons. The molecule has 5 rings (SSSR count). The number of aryl methyl sites for hydroxylation is 1. The highest BCUT2D eigenvalue weighted by molar-refractivity contribution is 7.21. The van der Waals surface area contributed by atoms with Gasteiger partial charge in [-0.1, -0.05) is 0 Å². The Kier molecular flexibility index (Phi) is 6.02. The van der Waals surface area contributed by atoms with Gasteiger partial charge in [-0.25, -0.2) is 0 Å². The summed E-state index contributed by atoms with van der Waals surface area (Å²) >= 11 is 1.57. The molecule has 0 saturated carbocycles. The molecule has 3 saturated heterocycles. The third kappa shape index (κ3) is 3.36. The number of piperidine rings is 3. The van der Waals surface area contributed by atoms with Crippen molar-refractivity contribution in [2.24, 2.45) is 5.92 Å². The molecule has 3 N–H and O–H groups in total. The van der Waals surface area contributed by atoms with Gasteiger partial charge in [0, 0.05) is 23.0 Å². The number of halogens is 2. The lowest BCUT2D eigenvalue weighted by Gasteiger charge is -2.44. The van der Waals surface area contributed by atoms with Gasteiger partial charge >= 0.3 is 0 Å². The third-order valence-corrected chi connectivity index (χ3v) is 6.41. The van der Waals surface area contributed by atoms with Crippen molar-refractivity contribution in [1.82, 2.24) is 10.2 Å². The fraction of sp³-hybridized carbons (Fsp3) is 0.471. The fourth-order valence-corrected chi connectivity index (χ4v) is 4.91. The van der Waals surface area contributed by atoms with Gasteiger partial charge in [-0.05, 0) is 67.9 Å². The van der Waals surface area contributed by atoms with Crippen molar-refractivity contribution in [3.63, 3.8) is 0 Å². The van der Waals surface area contributed by atoms with Crippen molar-refractivity contribution < 1.29 is 4.79 Å². The maximum atomic E-state index is 12.7. The number of thiophene rings is 1. The zero-order valence-electron chi connectivity index (χ0n) is 13.6. The number of nitrogen functional groups attached to an aromatic ring is 1. The molecule has 1 atom stereocenters. The van der Waals surface area contributed by atoms with E-state index in [1.807, 2.05) is 25.1 Å². The number of hydrogen-bond donors (Lipinski definition) is 2. The van der Waals surface area contributed by atoms with E-state index in [0.717, 1.165) is 32.8 Å². The molecule has 7 heteroatoms. The summed E-state index contributed by atoms with van der Waals surface area (Å²) in [5.74, 6) is 0.732. The molecule has 3 aliphatic heterocycles. The summed E-state index contributed by atoms with van der Waals surface area (Å²) in [4.78, 5) is 16.0. The highest BCUT2D eigenvalue weighted by atomic mass is 35.5. The van der Waals surface area contributed by atoms with E-state index < -0.39 is 0 Å². The molecule has 3 aliphatic rings. The first-order valence-corrected chi connectivity index (χ1v) is 8.75. The minimum atomic E-state index is 0. The Labute approximate surface area is 158 Å². The Hall–Kier alpha value is -1.01. The van der Waals surface area contributed by atoms with Crippen LogP contribution in [0.25, 0.3) is 10.1 Å². The summed E-state index contributed by atoms with van der Waals surface area (Å²) in [6.45, 7) is 5.41. The van der Waals surface area contributed by atoms with Crippen LogP contribution in [0.1, 0.15) is 28.1 Å². The number of nitrogens with zero attached hydrogens (tertiary/aromatic N) is 1. The number of amides is 1. The topological polar surface area (TPSA) is 58.4 Å². The Bertz CT molecular complexity index is 741. The lowest BCUT2D eigenvalue weighted by Crippen LogP contribution is -2.57. The monoisotopic (exact) mass is 387 g/mol. The van der Waals surface area contributed by atoms with Crippen LogP contribution in [0.5, 0.6) is 0 Å². The molecule has 3 fully saturated rings. The summed E-state index contributed by atoms with van der Waals surface area (Å²) in [7, 11) is 0. The minimum Gasteiger partial charge on any atom is -0.399 e. The molecule has 2 aromatic rings. The molecular weight excluding hydrogens is 365 g/mol. The summed E-state index contributed by atoms with van der Waals surface area (Å²) in [5, 5.41) is 4.38. The van der Waals surface area contributed by atoms with Gasteiger partial charge in [-0.2, -0.15) is 0 Å². The SMILES string of the molecule is Cc1c(C(=O)N[C@H]2CN3CCC2CC3)sc2ccc(N)cc12.Cl.Cl. The van der Waals surface area contributed by atoms with E-state index in [1.165, 1.54) is 25.9 Å². The Morgan fingerprint density at radius 2 is 2.00 bits per heavy atom. The first kappa shape index (κ1) is 19.3. The molecule has 24 heavy (non-hydrogen) atoms. The van der Waals surface area contributed by atoms with Crippen LogP contribution < -0.4 is 11.1 Å². The van der Waals surface area contributed by atoms with E-state index in [1.54, 1.807) is 11.3 Å². The van der Waals surface area contributed by atoms with E-state index in [2.05, 4.69) is 10.2 Å². The van der Waals surface area contributed by atoms with Gasteiger partial charge < -0.3 is 16.0 Å². The molecular formula is C17H23Cl2N3OS.